The van der Waals surface area contributed by atoms with Crippen LogP contribution in [0.2, 0.25) is 0 Å². The molecule has 0 spiro atoms. The van der Waals surface area contributed by atoms with Gasteiger partial charge in [-0.3, -0.25) is 9.10 Å². The molecular weight excluding hydrogens is 428 g/mol. The number of nitrogens with zero attached hydrogens (tertiary/aromatic N) is 2. The van der Waals surface area contributed by atoms with Crippen molar-refractivity contribution in [1.82, 2.24) is 4.90 Å². The number of hydrogen-bond acceptors (Lipinski definition) is 5. The first-order valence-corrected chi connectivity index (χ1v) is 11.8. The maximum absolute atomic E-state index is 12.9. The first-order valence-electron chi connectivity index (χ1n) is 9.94. The van der Waals surface area contributed by atoms with E-state index in [2.05, 4.69) is 0 Å². The number of likely N-dealkylation sites (N-methyl/N-ethyl adjacent to an activating group) is 1. The molecule has 0 radical (unpaired) electrons. The first kappa shape index (κ1) is 23.1. The van der Waals surface area contributed by atoms with E-state index in [1.165, 1.54) is 4.90 Å². The van der Waals surface area contributed by atoms with Gasteiger partial charge in [0.15, 0.2) is 5.75 Å². The van der Waals surface area contributed by atoms with E-state index >= 15 is 0 Å². The lowest BCUT2D eigenvalue weighted by molar-refractivity contribution is -0.128. The van der Waals surface area contributed by atoms with Gasteiger partial charge in [0, 0.05) is 13.6 Å². The Labute approximate surface area is 188 Å². The number of para-hydroxylation sites is 3. The van der Waals surface area contributed by atoms with Crippen molar-refractivity contribution in [3.8, 4) is 17.2 Å². The second-order valence-electron chi connectivity index (χ2n) is 7.25. The Morgan fingerprint density at radius 3 is 2.12 bits per heavy atom. The predicted octanol–water partition coefficient (Wildman–Crippen LogP) is 3.91. The van der Waals surface area contributed by atoms with Crippen LogP contribution in [0.3, 0.4) is 0 Å². The van der Waals surface area contributed by atoms with Crippen LogP contribution < -0.4 is 13.8 Å². The normalized spacial score (nSPS) is 11.0. The summed E-state index contributed by atoms with van der Waals surface area (Å²) < 4.78 is 37.3. The number of carbonyl (C=O) groups excluding carboxylic acids is 1. The summed E-state index contributed by atoms with van der Waals surface area (Å²) >= 11 is 0. The van der Waals surface area contributed by atoms with Gasteiger partial charge in [0.1, 0.15) is 18.0 Å². The Balaban J connectivity index is 1.81. The van der Waals surface area contributed by atoms with Gasteiger partial charge in [0.25, 0.3) is 0 Å². The van der Waals surface area contributed by atoms with E-state index in [1.807, 2.05) is 42.5 Å². The number of carbonyl (C=O) groups is 1. The summed E-state index contributed by atoms with van der Waals surface area (Å²) in [4.78, 5) is 14.4. The van der Waals surface area contributed by atoms with Gasteiger partial charge in [0.05, 0.1) is 19.1 Å². The van der Waals surface area contributed by atoms with Crippen molar-refractivity contribution < 1.29 is 22.7 Å². The standard InChI is InChI=1S/C24H26N2O5S/c1-25(17-19-13-15-20(30-2)16-14-19)24(27)18-26(32(3,28)29)22-11-7-8-12-23(22)31-21-9-5-4-6-10-21/h4-16H,17-18H2,1-3H3. The smallest absolute Gasteiger partial charge is 0.243 e. The number of rotatable bonds is 9. The Bertz CT molecular complexity index is 1150. The van der Waals surface area contributed by atoms with Gasteiger partial charge in [-0.2, -0.15) is 0 Å². The third-order valence-corrected chi connectivity index (χ3v) is 5.92. The Morgan fingerprint density at radius 1 is 0.875 bits per heavy atom. The number of ether oxygens (including phenoxy) is 2. The Kier molecular flexibility index (Phi) is 7.37. The van der Waals surface area contributed by atoms with E-state index in [0.717, 1.165) is 21.9 Å². The maximum atomic E-state index is 12.9. The molecule has 7 nitrogen and oxygen atoms in total. The molecule has 0 bridgehead atoms. The molecule has 0 saturated carbocycles. The average Bonchev–Trinajstić information content (AvgIpc) is 2.78. The van der Waals surface area contributed by atoms with Crippen molar-refractivity contribution in [2.24, 2.45) is 0 Å². The van der Waals surface area contributed by atoms with E-state index in [1.54, 1.807) is 50.6 Å². The molecule has 0 heterocycles. The lowest BCUT2D eigenvalue weighted by Crippen LogP contribution is -2.41. The molecule has 168 valence electrons. The summed E-state index contributed by atoms with van der Waals surface area (Å²) in [6, 6.07) is 23.2. The maximum Gasteiger partial charge on any atom is 0.243 e. The number of benzene rings is 3. The zero-order valence-electron chi connectivity index (χ0n) is 18.3. The van der Waals surface area contributed by atoms with Gasteiger partial charge in [-0.15, -0.1) is 0 Å². The number of amides is 1. The quantitative estimate of drug-likeness (QED) is 0.490. The number of anilines is 1. The third-order valence-electron chi connectivity index (χ3n) is 4.79. The summed E-state index contributed by atoms with van der Waals surface area (Å²) in [6.07, 6.45) is 1.07. The van der Waals surface area contributed by atoms with Crippen molar-refractivity contribution >= 4 is 21.6 Å². The van der Waals surface area contributed by atoms with Gasteiger partial charge in [0.2, 0.25) is 15.9 Å². The molecule has 1 amide bonds. The summed E-state index contributed by atoms with van der Waals surface area (Å²) in [6.45, 7) is -0.0107. The van der Waals surface area contributed by atoms with E-state index in [4.69, 9.17) is 9.47 Å². The number of methoxy groups -OCH3 is 1. The lowest BCUT2D eigenvalue weighted by Gasteiger charge is -2.26. The van der Waals surface area contributed by atoms with Crippen LogP contribution in [0.1, 0.15) is 5.56 Å². The molecule has 0 N–H and O–H groups in total. The first-order chi connectivity index (χ1) is 15.3. The third kappa shape index (κ3) is 6.01. The van der Waals surface area contributed by atoms with E-state index in [9.17, 15) is 13.2 Å². The summed E-state index contributed by atoms with van der Waals surface area (Å²) in [7, 11) is -0.529. The van der Waals surface area contributed by atoms with Crippen LogP contribution in [0.5, 0.6) is 17.2 Å². The minimum Gasteiger partial charge on any atom is -0.497 e. The highest BCUT2D eigenvalue weighted by atomic mass is 32.2. The summed E-state index contributed by atoms with van der Waals surface area (Å²) in [5.41, 5.74) is 1.20. The molecule has 0 fully saturated rings. The van der Waals surface area contributed by atoms with Crippen LogP contribution in [0, 0.1) is 0 Å². The van der Waals surface area contributed by atoms with Crippen LogP contribution in [-0.4, -0.2) is 46.2 Å². The molecule has 0 aliphatic heterocycles. The van der Waals surface area contributed by atoms with Crippen LogP contribution in [-0.2, 0) is 21.4 Å². The molecule has 0 atom stereocenters. The van der Waals surface area contributed by atoms with Crippen molar-refractivity contribution in [3.05, 3.63) is 84.4 Å². The Hall–Kier alpha value is -3.52. The van der Waals surface area contributed by atoms with Gasteiger partial charge in [-0.25, -0.2) is 8.42 Å². The van der Waals surface area contributed by atoms with Gasteiger partial charge < -0.3 is 14.4 Å². The minimum atomic E-state index is -3.75. The van der Waals surface area contributed by atoms with Crippen LogP contribution in [0.25, 0.3) is 0 Å². The number of sulfonamides is 1. The largest absolute Gasteiger partial charge is 0.497 e. The Morgan fingerprint density at radius 2 is 1.50 bits per heavy atom. The second-order valence-corrected chi connectivity index (χ2v) is 9.16. The highest BCUT2D eigenvalue weighted by Gasteiger charge is 2.25. The SMILES string of the molecule is COc1ccc(CN(C)C(=O)CN(c2ccccc2Oc2ccccc2)S(C)(=O)=O)cc1. The van der Waals surface area contributed by atoms with Gasteiger partial charge in [-0.1, -0.05) is 42.5 Å². The molecule has 3 aromatic carbocycles. The highest BCUT2D eigenvalue weighted by molar-refractivity contribution is 7.92. The van der Waals surface area contributed by atoms with Crippen LogP contribution in [0.4, 0.5) is 5.69 Å². The van der Waals surface area contributed by atoms with Crippen LogP contribution in [0.15, 0.2) is 78.9 Å². The molecule has 0 unspecified atom stereocenters. The van der Waals surface area contributed by atoms with Crippen molar-refractivity contribution in [2.45, 2.75) is 6.54 Å². The molecule has 32 heavy (non-hydrogen) atoms. The zero-order chi connectivity index (χ0) is 23.1. The fraction of sp³-hybridized carbons (Fsp3) is 0.208. The molecular formula is C24H26N2O5S. The second kappa shape index (κ2) is 10.2. The molecule has 0 saturated heterocycles. The van der Waals surface area contributed by atoms with Crippen LogP contribution >= 0.6 is 0 Å². The molecule has 0 aliphatic carbocycles. The van der Waals surface area contributed by atoms with Gasteiger partial charge in [-0.05, 0) is 42.0 Å². The average molecular weight is 455 g/mol. The summed E-state index contributed by atoms with van der Waals surface area (Å²) in [5.74, 6) is 1.29. The van der Waals surface area contributed by atoms with E-state index < -0.39 is 10.0 Å². The lowest BCUT2D eigenvalue weighted by atomic mass is 10.2. The molecule has 3 aromatic rings. The van der Waals surface area contributed by atoms with Crippen molar-refractivity contribution in [3.63, 3.8) is 0 Å². The predicted molar refractivity (Wildman–Crippen MR) is 125 cm³/mol. The monoisotopic (exact) mass is 454 g/mol. The van der Waals surface area contributed by atoms with Crippen molar-refractivity contribution in [2.75, 3.05) is 31.3 Å². The highest BCUT2D eigenvalue weighted by Crippen LogP contribution is 2.33. The van der Waals surface area contributed by atoms with E-state index in [-0.39, 0.29) is 12.5 Å². The summed E-state index contributed by atoms with van der Waals surface area (Å²) in [5, 5.41) is 0. The van der Waals surface area contributed by atoms with Crippen molar-refractivity contribution in [1.29, 1.82) is 0 Å². The van der Waals surface area contributed by atoms with E-state index in [0.29, 0.717) is 23.7 Å². The minimum absolute atomic E-state index is 0.296. The number of hydrogen-bond donors (Lipinski definition) is 0. The van der Waals surface area contributed by atoms with Gasteiger partial charge >= 0.3 is 0 Å². The fourth-order valence-corrected chi connectivity index (χ4v) is 3.94. The molecule has 0 aliphatic rings. The molecule has 8 heteroatoms. The molecule has 0 aromatic heterocycles. The topological polar surface area (TPSA) is 76.2 Å². The zero-order valence-corrected chi connectivity index (χ0v) is 19.1. The fourth-order valence-electron chi connectivity index (χ4n) is 3.08. The molecule has 3 rings (SSSR count).